The summed E-state index contributed by atoms with van der Waals surface area (Å²) in [6.07, 6.45) is 0. The van der Waals surface area contributed by atoms with Crippen molar-refractivity contribution in [1.29, 1.82) is 0 Å². The van der Waals surface area contributed by atoms with Crippen molar-refractivity contribution in [2.75, 3.05) is 0 Å². The number of rotatable bonds is 1. The summed E-state index contributed by atoms with van der Waals surface area (Å²) in [6.45, 7) is 1.90. The summed E-state index contributed by atoms with van der Waals surface area (Å²) in [5, 5.41) is 1.57. The second-order valence-electron chi connectivity index (χ2n) is 3.35. The van der Waals surface area contributed by atoms with Gasteiger partial charge in [0.2, 0.25) is 0 Å². The van der Waals surface area contributed by atoms with E-state index < -0.39 is 0 Å². The van der Waals surface area contributed by atoms with E-state index in [0.717, 1.165) is 16.5 Å². The van der Waals surface area contributed by atoms with Gasteiger partial charge in [-0.05, 0) is 19.1 Å². The van der Waals surface area contributed by atoms with Crippen LogP contribution >= 0.6 is 11.6 Å². The molecular weight excluding hydrogens is 196 g/mol. The zero-order valence-corrected chi connectivity index (χ0v) is 8.62. The lowest BCUT2D eigenvalue weighted by molar-refractivity contribution is 0.815. The Hall–Kier alpha value is -1.12. The first-order valence-corrected chi connectivity index (χ1v) is 4.87. The van der Waals surface area contributed by atoms with Crippen molar-refractivity contribution in [3.8, 4) is 0 Å². The van der Waals surface area contributed by atoms with Crippen LogP contribution in [-0.2, 0) is 0 Å². The van der Waals surface area contributed by atoms with Crippen molar-refractivity contribution < 1.29 is 0 Å². The molecular formula is C11H11ClN2. The summed E-state index contributed by atoms with van der Waals surface area (Å²) in [4.78, 5) is 4.28. The fourth-order valence-corrected chi connectivity index (χ4v) is 1.75. The normalized spacial score (nSPS) is 13.1. The van der Waals surface area contributed by atoms with Crippen LogP contribution in [0.3, 0.4) is 0 Å². The highest BCUT2D eigenvalue weighted by Gasteiger charge is 2.07. The standard InChI is InChI=1S/C11H11ClN2/c1-7(13)9-6-8-4-2-3-5-10(8)14-11(9)12/h2-7H,13H2,1H3. The Balaban J connectivity index is 2.71. The second-order valence-corrected chi connectivity index (χ2v) is 3.71. The second kappa shape index (κ2) is 3.56. The van der Waals surface area contributed by atoms with Gasteiger partial charge in [0.15, 0.2) is 0 Å². The Bertz CT molecular complexity index is 466. The molecule has 0 bridgehead atoms. The van der Waals surface area contributed by atoms with Gasteiger partial charge in [-0.25, -0.2) is 4.98 Å². The summed E-state index contributed by atoms with van der Waals surface area (Å²) < 4.78 is 0. The first-order valence-electron chi connectivity index (χ1n) is 4.49. The van der Waals surface area contributed by atoms with Crippen molar-refractivity contribution in [2.24, 2.45) is 5.73 Å². The summed E-state index contributed by atoms with van der Waals surface area (Å²) in [7, 11) is 0. The minimum atomic E-state index is -0.0837. The Labute approximate surface area is 87.7 Å². The van der Waals surface area contributed by atoms with Crippen LogP contribution in [-0.4, -0.2) is 4.98 Å². The number of hydrogen-bond acceptors (Lipinski definition) is 2. The molecule has 0 amide bonds. The van der Waals surface area contributed by atoms with Gasteiger partial charge in [0.1, 0.15) is 5.15 Å². The van der Waals surface area contributed by atoms with Gasteiger partial charge in [-0.15, -0.1) is 0 Å². The average molecular weight is 207 g/mol. The number of para-hydroxylation sites is 1. The monoisotopic (exact) mass is 206 g/mol. The topological polar surface area (TPSA) is 38.9 Å². The van der Waals surface area contributed by atoms with Gasteiger partial charge in [0.25, 0.3) is 0 Å². The Morgan fingerprint density at radius 3 is 2.79 bits per heavy atom. The molecule has 0 aliphatic rings. The number of benzene rings is 1. The van der Waals surface area contributed by atoms with Gasteiger partial charge < -0.3 is 5.73 Å². The molecule has 2 rings (SSSR count). The molecule has 1 atom stereocenters. The molecule has 0 radical (unpaired) electrons. The van der Waals surface area contributed by atoms with Crippen LogP contribution in [0.5, 0.6) is 0 Å². The molecule has 72 valence electrons. The minimum absolute atomic E-state index is 0.0837. The van der Waals surface area contributed by atoms with Gasteiger partial charge >= 0.3 is 0 Å². The third-order valence-corrected chi connectivity index (χ3v) is 2.50. The van der Waals surface area contributed by atoms with E-state index >= 15 is 0 Å². The zero-order valence-electron chi connectivity index (χ0n) is 7.87. The van der Waals surface area contributed by atoms with E-state index in [4.69, 9.17) is 17.3 Å². The SMILES string of the molecule is CC(N)c1cc2ccccc2nc1Cl. The third kappa shape index (κ3) is 1.59. The molecule has 0 aliphatic carbocycles. The molecule has 2 N–H and O–H groups in total. The van der Waals surface area contributed by atoms with Crippen LogP contribution in [0, 0.1) is 0 Å². The highest BCUT2D eigenvalue weighted by atomic mass is 35.5. The van der Waals surface area contributed by atoms with Crippen molar-refractivity contribution in [3.05, 3.63) is 41.0 Å². The predicted octanol–water partition coefficient (Wildman–Crippen LogP) is 2.91. The van der Waals surface area contributed by atoms with Crippen molar-refractivity contribution in [3.63, 3.8) is 0 Å². The highest BCUT2D eigenvalue weighted by molar-refractivity contribution is 6.30. The zero-order chi connectivity index (χ0) is 10.1. The molecule has 0 fully saturated rings. The lowest BCUT2D eigenvalue weighted by Gasteiger charge is -2.08. The highest BCUT2D eigenvalue weighted by Crippen LogP contribution is 2.23. The number of fused-ring (bicyclic) bond motifs is 1. The summed E-state index contributed by atoms with van der Waals surface area (Å²) in [5.41, 5.74) is 7.58. The van der Waals surface area contributed by atoms with Gasteiger partial charge in [-0.2, -0.15) is 0 Å². The lowest BCUT2D eigenvalue weighted by Crippen LogP contribution is -2.06. The van der Waals surface area contributed by atoms with Crippen LogP contribution in [0.15, 0.2) is 30.3 Å². The molecule has 0 saturated carbocycles. The van der Waals surface area contributed by atoms with Crippen LogP contribution in [0.4, 0.5) is 0 Å². The molecule has 0 spiro atoms. The van der Waals surface area contributed by atoms with E-state index in [0.29, 0.717) is 5.15 Å². The quantitative estimate of drug-likeness (QED) is 0.729. The molecule has 14 heavy (non-hydrogen) atoms. The van der Waals surface area contributed by atoms with Crippen LogP contribution < -0.4 is 5.73 Å². The van der Waals surface area contributed by atoms with Gasteiger partial charge in [0, 0.05) is 17.0 Å². The number of nitrogens with zero attached hydrogens (tertiary/aromatic N) is 1. The van der Waals surface area contributed by atoms with E-state index in [-0.39, 0.29) is 6.04 Å². The molecule has 3 heteroatoms. The van der Waals surface area contributed by atoms with E-state index in [2.05, 4.69) is 4.98 Å². The minimum Gasteiger partial charge on any atom is -0.324 e. The number of nitrogens with two attached hydrogens (primary N) is 1. The maximum absolute atomic E-state index is 6.01. The van der Waals surface area contributed by atoms with Crippen LogP contribution in [0.2, 0.25) is 5.15 Å². The fraction of sp³-hybridized carbons (Fsp3) is 0.182. The summed E-state index contributed by atoms with van der Waals surface area (Å²) in [5.74, 6) is 0. The fourth-order valence-electron chi connectivity index (χ4n) is 1.43. The molecule has 1 heterocycles. The van der Waals surface area contributed by atoms with E-state index in [1.54, 1.807) is 0 Å². The third-order valence-electron chi connectivity index (χ3n) is 2.20. The number of hydrogen-bond donors (Lipinski definition) is 1. The molecule has 2 nitrogen and oxygen atoms in total. The summed E-state index contributed by atoms with van der Waals surface area (Å²) in [6, 6.07) is 9.77. The Morgan fingerprint density at radius 1 is 1.36 bits per heavy atom. The number of pyridine rings is 1. The van der Waals surface area contributed by atoms with Crippen molar-refractivity contribution in [1.82, 2.24) is 4.98 Å². The maximum atomic E-state index is 6.01. The van der Waals surface area contributed by atoms with Gasteiger partial charge in [0.05, 0.1) is 5.52 Å². The molecule has 0 saturated heterocycles. The lowest BCUT2D eigenvalue weighted by atomic mass is 10.1. The van der Waals surface area contributed by atoms with Gasteiger partial charge in [-0.1, -0.05) is 29.8 Å². The average Bonchev–Trinajstić information content (AvgIpc) is 2.16. The van der Waals surface area contributed by atoms with E-state index in [1.807, 2.05) is 37.3 Å². The van der Waals surface area contributed by atoms with E-state index in [1.165, 1.54) is 0 Å². The molecule has 2 aromatic rings. The maximum Gasteiger partial charge on any atom is 0.134 e. The molecule has 1 aromatic heterocycles. The molecule has 0 aliphatic heterocycles. The van der Waals surface area contributed by atoms with Crippen LogP contribution in [0.1, 0.15) is 18.5 Å². The first-order chi connectivity index (χ1) is 6.68. The van der Waals surface area contributed by atoms with Crippen molar-refractivity contribution >= 4 is 22.5 Å². The Kier molecular flexibility index (Phi) is 2.40. The van der Waals surface area contributed by atoms with Crippen LogP contribution in [0.25, 0.3) is 10.9 Å². The number of halogens is 1. The largest absolute Gasteiger partial charge is 0.324 e. The van der Waals surface area contributed by atoms with E-state index in [9.17, 15) is 0 Å². The molecule has 1 unspecified atom stereocenters. The summed E-state index contributed by atoms with van der Waals surface area (Å²) >= 11 is 6.01. The van der Waals surface area contributed by atoms with Crippen molar-refractivity contribution in [2.45, 2.75) is 13.0 Å². The Morgan fingerprint density at radius 2 is 2.07 bits per heavy atom. The molecule has 1 aromatic carbocycles. The predicted molar refractivity (Wildman–Crippen MR) is 59.4 cm³/mol. The number of aromatic nitrogens is 1. The van der Waals surface area contributed by atoms with Gasteiger partial charge in [-0.3, -0.25) is 0 Å². The first kappa shape index (κ1) is 9.44. The smallest absolute Gasteiger partial charge is 0.134 e.